The third-order valence-electron chi connectivity index (χ3n) is 2.64. The second kappa shape index (κ2) is 4.41. The van der Waals surface area contributed by atoms with Gasteiger partial charge in [0, 0.05) is 6.07 Å². The molecule has 0 aliphatic carbocycles. The number of nitrogens with two attached hydrogens (primary N) is 1. The van der Waals surface area contributed by atoms with Gasteiger partial charge in [0.15, 0.2) is 0 Å². The molecule has 0 aliphatic rings. The lowest BCUT2D eigenvalue weighted by Crippen LogP contribution is -1.97. The molecule has 0 fully saturated rings. The number of benzene rings is 1. The zero-order chi connectivity index (χ0) is 12.4. The van der Waals surface area contributed by atoms with E-state index >= 15 is 0 Å². The van der Waals surface area contributed by atoms with Crippen molar-refractivity contribution in [2.24, 2.45) is 0 Å². The Morgan fingerprint density at radius 2 is 1.82 bits per heavy atom. The maximum atomic E-state index is 5.70. The molecule has 4 nitrogen and oxygen atoms in total. The van der Waals surface area contributed by atoms with E-state index in [-0.39, 0.29) is 0 Å². The molecule has 0 radical (unpaired) electrons. The quantitative estimate of drug-likeness (QED) is 0.860. The molecule has 1 aromatic heterocycles. The van der Waals surface area contributed by atoms with Crippen LogP contribution < -0.4 is 10.5 Å². The third kappa shape index (κ3) is 2.53. The van der Waals surface area contributed by atoms with E-state index in [0.29, 0.717) is 11.7 Å². The molecule has 0 saturated carbocycles. The van der Waals surface area contributed by atoms with E-state index in [2.05, 4.69) is 23.2 Å². The van der Waals surface area contributed by atoms with Crippen molar-refractivity contribution in [3.63, 3.8) is 0 Å². The van der Waals surface area contributed by atoms with Gasteiger partial charge >= 0.3 is 0 Å². The lowest BCUT2D eigenvalue weighted by molar-refractivity contribution is 0.451. The van der Waals surface area contributed by atoms with Gasteiger partial charge in [-0.1, -0.05) is 6.07 Å². The largest absolute Gasteiger partial charge is 0.437 e. The highest BCUT2D eigenvalue weighted by Crippen LogP contribution is 2.27. The van der Waals surface area contributed by atoms with Crippen LogP contribution in [0.25, 0.3) is 0 Å². The smallest absolute Gasteiger partial charge is 0.239 e. The van der Waals surface area contributed by atoms with Gasteiger partial charge in [0.2, 0.25) is 5.88 Å². The lowest BCUT2D eigenvalue weighted by atomic mass is 10.1. The number of aromatic nitrogens is 2. The van der Waals surface area contributed by atoms with Gasteiger partial charge in [0.1, 0.15) is 11.6 Å². The average Bonchev–Trinajstić information content (AvgIpc) is 2.28. The minimum Gasteiger partial charge on any atom is -0.437 e. The predicted octanol–water partition coefficient (Wildman–Crippen LogP) is 2.78. The summed E-state index contributed by atoms with van der Waals surface area (Å²) in [7, 11) is 0. The van der Waals surface area contributed by atoms with E-state index in [9.17, 15) is 0 Å². The van der Waals surface area contributed by atoms with Crippen LogP contribution in [-0.2, 0) is 0 Å². The van der Waals surface area contributed by atoms with Crippen LogP contribution in [0, 0.1) is 20.8 Å². The van der Waals surface area contributed by atoms with Gasteiger partial charge in [-0.05, 0) is 49.6 Å². The fourth-order valence-corrected chi connectivity index (χ4v) is 1.60. The minimum absolute atomic E-state index is 0.384. The standard InChI is InChI=1S/C13H15N3O/c1-8-6-9(2)10(3)11(7-8)17-13-5-4-12(14)15-16-13/h4-7H,1-3H3,(H2,14,15). The lowest BCUT2D eigenvalue weighted by Gasteiger charge is -2.10. The monoisotopic (exact) mass is 229 g/mol. The van der Waals surface area contributed by atoms with Crippen molar-refractivity contribution in [2.75, 3.05) is 5.73 Å². The Morgan fingerprint density at radius 3 is 2.47 bits per heavy atom. The maximum absolute atomic E-state index is 5.70. The number of nitrogens with zero attached hydrogens (tertiary/aromatic N) is 2. The van der Waals surface area contributed by atoms with E-state index in [1.807, 2.05) is 19.9 Å². The average molecular weight is 229 g/mol. The third-order valence-corrected chi connectivity index (χ3v) is 2.64. The van der Waals surface area contributed by atoms with Crippen LogP contribution in [0.2, 0.25) is 0 Å². The number of rotatable bonds is 2. The molecule has 0 saturated heterocycles. The highest BCUT2D eigenvalue weighted by atomic mass is 16.5. The topological polar surface area (TPSA) is 61.0 Å². The first-order chi connectivity index (χ1) is 8.06. The van der Waals surface area contributed by atoms with Crippen LogP contribution in [-0.4, -0.2) is 10.2 Å². The summed E-state index contributed by atoms with van der Waals surface area (Å²) < 4.78 is 5.70. The van der Waals surface area contributed by atoms with E-state index in [1.54, 1.807) is 12.1 Å². The van der Waals surface area contributed by atoms with Crippen molar-refractivity contribution in [3.8, 4) is 11.6 Å². The van der Waals surface area contributed by atoms with Gasteiger partial charge in [-0.25, -0.2) is 0 Å². The van der Waals surface area contributed by atoms with Gasteiger partial charge in [0.05, 0.1) is 0 Å². The number of anilines is 1. The van der Waals surface area contributed by atoms with E-state index < -0.39 is 0 Å². The molecule has 2 N–H and O–H groups in total. The molecule has 2 aromatic rings. The SMILES string of the molecule is Cc1cc(C)c(C)c(Oc2ccc(N)nn2)c1. The number of ether oxygens (including phenoxy) is 1. The van der Waals surface area contributed by atoms with Gasteiger partial charge in [0.25, 0.3) is 0 Å². The molecule has 1 heterocycles. The molecule has 0 aliphatic heterocycles. The molecule has 88 valence electrons. The van der Waals surface area contributed by atoms with Gasteiger partial charge < -0.3 is 10.5 Å². The molecule has 1 aromatic carbocycles. The number of hydrogen-bond acceptors (Lipinski definition) is 4. The normalized spacial score (nSPS) is 10.3. The van der Waals surface area contributed by atoms with Crippen LogP contribution in [0.4, 0.5) is 5.82 Å². The van der Waals surface area contributed by atoms with Crippen molar-refractivity contribution in [1.82, 2.24) is 10.2 Å². The highest BCUT2D eigenvalue weighted by molar-refractivity contribution is 5.43. The first-order valence-electron chi connectivity index (χ1n) is 5.41. The summed E-state index contributed by atoms with van der Waals surface area (Å²) in [5, 5.41) is 7.63. The summed E-state index contributed by atoms with van der Waals surface area (Å²) in [5.74, 6) is 1.64. The Bertz CT molecular complexity index is 535. The van der Waals surface area contributed by atoms with Crippen molar-refractivity contribution in [1.29, 1.82) is 0 Å². The summed E-state index contributed by atoms with van der Waals surface area (Å²) in [6.45, 7) is 6.12. The summed E-state index contributed by atoms with van der Waals surface area (Å²) in [6, 6.07) is 7.48. The molecule has 0 spiro atoms. The van der Waals surface area contributed by atoms with Gasteiger partial charge in [-0.2, -0.15) is 0 Å². The Balaban J connectivity index is 2.32. The van der Waals surface area contributed by atoms with Crippen molar-refractivity contribution >= 4 is 5.82 Å². The molecule has 17 heavy (non-hydrogen) atoms. The number of hydrogen-bond donors (Lipinski definition) is 1. The molecular weight excluding hydrogens is 214 g/mol. The zero-order valence-electron chi connectivity index (χ0n) is 10.2. The molecular formula is C13H15N3O. The Labute approximate surface area is 100 Å². The molecule has 0 amide bonds. The predicted molar refractivity (Wildman–Crippen MR) is 67.2 cm³/mol. The zero-order valence-corrected chi connectivity index (χ0v) is 10.2. The molecule has 0 unspecified atom stereocenters. The van der Waals surface area contributed by atoms with Crippen LogP contribution in [0.15, 0.2) is 24.3 Å². The summed E-state index contributed by atoms with van der Waals surface area (Å²) >= 11 is 0. The fourth-order valence-electron chi connectivity index (χ4n) is 1.60. The Morgan fingerprint density at radius 1 is 1.06 bits per heavy atom. The maximum Gasteiger partial charge on any atom is 0.239 e. The molecule has 2 rings (SSSR count). The fraction of sp³-hybridized carbons (Fsp3) is 0.231. The highest BCUT2D eigenvalue weighted by Gasteiger charge is 2.06. The molecule has 4 heteroatoms. The van der Waals surface area contributed by atoms with Crippen LogP contribution >= 0.6 is 0 Å². The minimum atomic E-state index is 0.384. The molecule has 0 bridgehead atoms. The van der Waals surface area contributed by atoms with E-state index in [4.69, 9.17) is 10.5 Å². The second-order valence-corrected chi connectivity index (χ2v) is 4.10. The van der Waals surface area contributed by atoms with Crippen LogP contribution in [0.5, 0.6) is 11.6 Å². The summed E-state index contributed by atoms with van der Waals surface area (Å²) in [5.41, 5.74) is 8.93. The van der Waals surface area contributed by atoms with Crippen LogP contribution in [0.1, 0.15) is 16.7 Å². The van der Waals surface area contributed by atoms with Crippen molar-refractivity contribution in [2.45, 2.75) is 20.8 Å². The van der Waals surface area contributed by atoms with Gasteiger partial charge in [-0.15, -0.1) is 10.2 Å². The summed E-state index contributed by atoms with van der Waals surface area (Å²) in [6.07, 6.45) is 0. The second-order valence-electron chi connectivity index (χ2n) is 4.10. The van der Waals surface area contributed by atoms with Crippen molar-refractivity contribution < 1.29 is 4.74 Å². The first kappa shape index (κ1) is 11.4. The summed E-state index contributed by atoms with van der Waals surface area (Å²) in [4.78, 5) is 0. The first-order valence-corrected chi connectivity index (χ1v) is 5.41. The van der Waals surface area contributed by atoms with Crippen molar-refractivity contribution in [3.05, 3.63) is 41.0 Å². The van der Waals surface area contributed by atoms with E-state index in [1.165, 1.54) is 5.56 Å². The number of nitrogen functional groups attached to an aromatic ring is 1. The van der Waals surface area contributed by atoms with Crippen LogP contribution in [0.3, 0.4) is 0 Å². The number of aryl methyl sites for hydroxylation is 2. The Hall–Kier alpha value is -2.10. The Kier molecular flexibility index (Phi) is 2.95. The molecule has 0 atom stereocenters. The van der Waals surface area contributed by atoms with E-state index in [0.717, 1.165) is 16.9 Å². The van der Waals surface area contributed by atoms with Gasteiger partial charge in [-0.3, -0.25) is 0 Å².